The monoisotopic (exact) mass is 269 g/mol. The van der Waals surface area contributed by atoms with Crippen LogP contribution in [0.1, 0.15) is 5.69 Å². The van der Waals surface area contributed by atoms with Crippen molar-refractivity contribution in [2.75, 3.05) is 19.8 Å². The molecule has 1 aliphatic heterocycles. The smallest absolute Gasteiger partial charge is 0.0550 e. The van der Waals surface area contributed by atoms with Crippen molar-refractivity contribution in [3.8, 4) is 0 Å². The lowest BCUT2D eigenvalue weighted by molar-refractivity contribution is 0.118. The van der Waals surface area contributed by atoms with Gasteiger partial charge < -0.3 is 9.84 Å². The first-order chi connectivity index (χ1) is 7.29. The van der Waals surface area contributed by atoms with Crippen molar-refractivity contribution >= 4 is 15.9 Å². The average molecular weight is 270 g/mol. The summed E-state index contributed by atoms with van der Waals surface area (Å²) < 4.78 is 6.33. The molecule has 1 saturated carbocycles. The van der Waals surface area contributed by atoms with E-state index in [0.717, 1.165) is 23.4 Å². The molecular weight excluding hydrogens is 258 g/mol. The quantitative estimate of drug-likeness (QED) is 0.882. The van der Waals surface area contributed by atoms with Gasteiger partial charge in [-0.25, -0.2) is 0 Å². The number of hydrogen-bond donors (Lipinski definition) is 1. The van der Waals surface area contributed by atoms with E-state index < -0.39 is 0 Å². The molecule has 1 aliphatic carbocycles. The van der Waals surface area contributed by atoms with Gasteiger partial charge in [-0.3, -0.25) is 4.98 Å². The van der Waals surface area contributed by atoms with Gasteiger partial charge in [0, 0.05) is 33.6 Å². The Balaban J connectivity index is 1.95. The summed E-state index contributed by atoms with van der Waals surface area (Å²) in [6.07, 6.45) is 1.79. The largest absolute Gasteiger partial charge is 0.395 e. The molecule has 4 heteroatoms. The van der Waals surface area contributed by atoms with E-state index in [0.29, 0.717) is 11.8 Å². The van der Waals surface area contributed by atoms with Gasteiger partial charge in [0.2, 0.25) is 0 Å². The van der Waals surface area contributed by atoms with Crippen LogP contribution in [-0.2, 0) is 10.2 Å². The SMILES string of the molecule is OC[C@@]1(c2ccc(Br)cn2)[C@@H]2COC[C@@H]21. The van der Waals surface area contributed by atoms with Crippen LogP contribution in [0.4, 0.5) is 0 Å². The molecule has 2 aliphatic rings. The lowest BCUT2D eigenvalue weighted by Gasteiger charge is -2.17. The van der Waals surface area contributed by atoms with Crippen molar-refractivity contribution in [2.45, 2.75) is 5.41 Å². The molecule has 0 bridgehead atoms. The summed E-state index contributed by atoms with van der Waals surface area (Å²) in [6.45, 7) is 1.71. The molecule has 0 spiro atoms. The molecule has 1 N–H and O–H groups in total. The maximum atomic E-state index is 9.58. The Bertz CT molecular complexity index is 369. The molecular formula is C11H12BrNO2. The van der Waals surface area contributed by atoms with Crippen LogP contribution in [0.5, 0.6) is 0 Å². The second kappa shape index (κ2) is 3.27. The third kappa shape index (κ3) is 1.22. The van der Waals surface area contributed by atoms with Crippen LogP contribution in [0.3, 0.4) is 0 Å². The zero-order valence-electron chi connectivity index (χ0n) is 8.19. The molecule has 1 saturated heterocycles. The number of aliphatic hydroxyl groups excluding tert-OH is 1. The highest BCUT2D eigenvalue weighted by molar-refractivity contribution is 9.10. The summed E-state index contributed by atoms with van der Waals surface area (Å²) in [5.74, 6) is 0.937. The topological polar surface area (TPSA) is 42.4 Å². The van der Waals surface area contributed by atoms with Crippen LogP contribution in [0.25, 0.3) is 0 Å². The highest BCUT2D eigenvalue weighted by Gasteiger charge is 2.68. The van der Waals surface area contributed by atoms with Gasteiger partial charge in [-0.05, 0) is 28.1 Å². The highest BCUT2D eigenvalue weighted by Crippen LogP contribution is 2.62. The van der Waals surface area contributed by atoms with Gasteiger partial charge in [-0.15, -0.1) is 0 Å². The van der Waals surface area contributed by atoms with E-state index in [4.69, 9.17) is 4.74 Å². The van der Waals surface area contributed by atoms with Crippen molar-refractivity contribution < 1.29 is 9.84 Å². The summed E-state index contributed by atoms with van der Waals surface area (Å²) >= 11 is 3.37. The van der Waals surface area contributed by atoms with E-state index in [1.54, 1.807) is 6.20 Å². The van der Waals surface area contributed by atoms with Crippen molar-refractivity contribution in [1.29, 1.82) is 0 Å². The molecule has 0 radical (unpaired) electrons. The number of rotatable bonds is 2. The molecule has 1 aromatic heterocycles. The van der Waals surface area contributed by atoms with Crippen LogP contribution in [0.15, 0.2) is 22.8 Å². The van der Waals surface area contributed by atoms with Crippen molar-refractivity contribution in [1.82, 2.24) is 4.98 Å². The first kappa shape index (κ1) is 9.75. The standard InChI is InChI=1S/C11H12BrNO2/c12-7-1-2-10(13-3-7)11(6-14)8-4-15-5-9(8)11/h1-3,8-9,14H,4-6H2/t8-,9+,11-. The van der Waals surface area contributed by atoms with Gasteiger partial charge in [-0.2, -0.15) is 0 Å². The lowest BCUT2D eigenvalue weighted by atomic mass is 9.97. The Kier molecular flexibility index (Phi) is 2.13. The van der Waals surface area contributed by atoms with E-state index in [9.17, 15) is 5.11 Å². The molecule has 2 heterocycles. The van der Waals surface area contributed by atoms with E-state index >= 15 is 0 Å². The van der Waals surface area contributed by atoms with E-state index in [2.05, 4.69) is 20.9 Å². The van der Waals surface area contributed by atoms with Crippen LogP contribution in [0, 0.1) is 11.8 Å². The molecule has 0 unspecified atom stereocenters. The van der Waals surface area contributed by atoms with Gasteiger partial charge in [0.25, 0.3) is 0 Å². The molecule has 2 fully saturated rings. The van der Waals surface area contributed by atoms with Crippen LogP contribution in [0.2, 0.25) is 0 Å². The number of aliphatic hydroxyl groups is 1. The maximum absolute atomic E-state index is 9.58. The van der Waals surface area contributed by atoms with E-state index in [1.165, 1.54) is 0 Å². The fourth-order valence-electron chi connectivity index (χ4n) is 2.80. The van der Waals surface area contributed by atoms with Crippen LogP contribution < -0.4 is 0 Å². The fraction of sp³-hybridized carbons (Fsp3) is 0.545. The minimum atomic E-state index is -0.112. The second-order valence-electron chi connectivity index (χ2n) is 4.31. The van der Waals surface area contributed by atoms with Gasteiger partial charge in [-0.1, -0.05) is 0 Å². The van der Waals surface area contributed by atoms with E-state index in [-0.39, 0.29) is 12.0 Å². The Hall–Kier alpha value is -0.450. The van der Waals surface area contributed by atoms with Gasteiger partial charge in [0.1, 0.15) is 0 Å². The summed E-state index contributed by atoms with van der Waals surface area (Å²) in [7, 11) is 0. The van der Waals surface area contributed by atoms with Crippen molar-refractivity contribution in [3.63, 3.8) is 0 Å². The van der Waals surface area contributed by atoms with Crippen molar-refractivity contribution in [2.24, 2.45) is 11.8 Å². The number of halogens is 1. The molecule has 3 rings (SSSR count). The minimum Gasteiger partial charge on any atom is -0.395 e. The predicted molar refractivity (Wildman–Crippen MR) is 58.5 cm³/mol. The van der Waals surface area contributed by atoms with Gasteiger partial charge >= 0.3 is 0 Å². The zero-order valence-corrected chi connectivity index (χ0v) is 9.77. The summed E-state index contributed by atoms with van der Waals surface area (Å²) in [4.78, 5) is 4.40. The Morgan fingerprint density at radius 2 is 2.20 bits per heavy atom. The molecule has 3 atom stereocenters. The van der Waals surface area contributed by atoms with Crippen LogP contribution in [-0.4, -0.2) is 29.9 Å². The first-order valence-electron chi connectivity index (χ1n) is 5.09. The Labute approximate surface area is 96.6 Å². The summed E-state index contributed by atoms with van der Waals surface area (Å²) in [5, 5.41) is 9.58. The number of aromatic nitrogens is 1. The molecule has 0 aromatic carbocycles. The Morgan fingerprint density at radius 1 is 1.47 bits per heavy atom. The third-order valence-corrected chi connectivity index (χ3v) is 4.23. The van der Waals surface area contributed by atoms with Crippen molar-refractivity contribution in [3.05, 3.63) is 28.5 Å². The number of hydrogen-bond acceptors (Lipinski definition) is 3. The lowest BCUT2D eigenvalue weighted by Crippen LogP contribution is -2.23. The zero-order chi connectivity index (χ0) is 10.5. The summed E-state index contributed by atoms with van der Waals surface area (Å²) in [5.41, 5.74) is 0.894. The average Bonchev–Trinajstić information content (AvgIpc) is 2.65. The predicted octanol–water partition coefficient (Wildman–Crippen LogP) is 1.35. The maximum Gasteiger partial charge on any atom is 0.0550 e. The number of fused-ring (bicyclic) bond motifs is 1. The molecule has 0 amide bonds. The van der Waals surface area contributed by atoms with Crippen LogP contribution >= 0.6 is 15.9 Å². The highest BCUT2D eigenvalue weighted by atomic mass is 79.9. The number of pyridine rings is 1. The summed E-state index contributed by atoms with van der Waals surface area (Å²) in [6, 6.07) is 3.98. The molecule has 3 nitrogen and oxygen atoms in total. The minimum absolute atomic E-state index is 0.112. The fourth-order valence-corrected chi connectivity index (χ4v) is 3.04. The molecule has 15 heavy (non-hydrogen) atoms. The van der Waals surface area contributed by atoms with Gasteiger partial charge in [0.05, 0.1) is 19.8 Å². The number of nitrogens with zero attached hydrogens (tertiary/aromatic N) is 1. The third-order valence-electron chi connectivity index (χ3n) is 3.76. The Morgan fingerprint density at radius 3 is 2.73 bits per heavy atom. The second-order valence-corrected chi connectivity index (χ2v) is 5.23. The molecule has 80 valence electrons. The normalized spacial score (nSPS) is 37.7. The molecule has 1 aromatic rings. The number of ether oxygens (including phenoxy) is 1. The van der Waals surface area contributed by atoms with Gasteiger partial charge in [0.15, 0.2) is 0 Å². The van der Waals surface area contributed by atoms with E-state index in [1.807, 2.05) is 12.1 Å². The first-order valence-corrected chi connectivity index (χ1v) is 5.89.